The first kappa shape index (κ1) is 14.0. The molecule has 0 saturated heterocycles. The molecule has 0 bridgehead atoms. The molecule has 0 aliphatic carbocycles. The third-order valence-electron chi connectivity index (χ3n) is 3.14. The maximum absolute atomic E-state index is 5.95. The van der Waals surface area contributed by atoms with Crippen molar-refractivity contribution in [1.29, 1.82) is 0 Å². The first-order chi connectivity index (χ1) is 7.79. The minimum atomic E-state index is -0.0669. The number of benzene rings is 1. The van der Waals surface area contributed by atoms with Crippen LogP contribution in [0, 0.1) is 20.8 Å². The average Bonchev–Trinajstić information content (AvgIpc) is 2.18. The molecule has 1 heteroatoms. The lowest BCUT2D eigenvalue weighted by Gasteiger charge is -2.16. The lowest BCUT2D eigenvalue weighted by molar-refractivity contribution is 0.482. The number of hydrogen-bond acceptors (Lipinski definition) is 1. The van der Waals surface area contributed by atoms with Gasteiger partial charge in [0.05, 0.1) is 0 Å². The van der Waals surface area contributed by atoms with E-state index < -0.39 is 0 Å². The SMILES string of the molecule is Cc1cc(C)c(/C=C/CCC(C)(C)N)cc1C. The minimum absolute atomic E-state index is 0.0669. The van der Waals surface area contributed by atoms with Gasteiger partial charge in [0.2, 0.25) is 0 Å². The van der Waals surface area contributed by atoms with Gasteiger partial charge in [-0.05, 0) is 69.7 Å². The first-order valence-corrected chi connectivity index (χ1v) is 6.33. The third kappa shape index (κ3) is 4.74. The minimum Gasteiger partial charge on any atom is -0.326 e. The summed E-state index contributed by atoms with van der Waals surface area (Å²) in [6.45, 7) is 10.6. The Morgan fingerprint density at radius 1 is 1.06 bits per heavy atom. The van der Waals surface area contributed by atoms with Crippen molar-refractivity contribution in [2.24, 2.45) is 5.73 Å². The molecule has 0 heterocycles. The van der Waals surface area contributed by atoms with Gasteiger partial charge < -0.3 is 5.73 Å². The van der Waals surface area contributed by atoms with Crippen molar-refractivity contribution in [2.45, 2.75) is 53.0 Å². The summed E-state index contributed by atoms with van der Waals surface area (Å²) < 4.78 is 0. The molecule has 0 amide bonds. The predicted octanol–water partition coefficient (Wildman–Crippen LogP) is 4.14. The van der Waals surface area contributed by atoms with E-state index in [0.717, 1.165) is 12.8 Å². The first-order valence-electron chi connectivity index (χ1n) is 6.33. The molecule has 0 saturated carbocycles. The predicted molar refractivity (Wildman–Crippen MR) is 77.2 cm³/mol. The number of nitrogens with two attached hydrogens (primary N) is 1. The molecule has 1 nitrogen and oxygen atoms in total. The fourth-order valence-electron chi connectivity index (χ4n) is 1.83. The summed E-state index contributed by atoms with van der Waals surface area (Å²) in [4.78, 5) is 0. The molecule has 0 aliphatic heterocycles. The van der Waals surface area contributed by atoms with Crippen molar-refractivity contribution in [3.05, 3.63) is 40.5 Å². The van der Waals surface area contributed by atoms with Gasteiger partial charge in [-0.15, -0.1) is 0 Å². The standard InChI is InChI=1S/C16H25N/c1-12-10-14(3)15(11-13(12)2)8-6-7-9-16(4,5)17/h6,8,10-11H,7,9,17H2,1-5H3/b8-6+. The molecule has 1 aromatic rings. The van der Waals surface area contributed by atoms with E-state index in [1.165, 1.54) is 22.3 Å². The normalized spacial score (nSPS) is 12.4. The van der Waals surface area contributed by atoms with E-state index in [2.05, 4.69) is 58.9 Å². The van der Waals surface area contributed by atoms with Gasteiger partial charge in [0, 0.05) is 5.54 Å². The van der Waals surface area contributed by atoms with Crippen LogP contribution in [0.5, 0.6) is 0 Å². The van der Waals surface area contributed by atoms with Gasteiger partial charge in [-0.2, -0.15) is 0 Å². The van der Waals surface area contributed by atoms with Gasteiger partial charge in [0.1, 0.15) is 0 Å². The van der Waals surface area contributed by atoms with E-state index in [0.29, 0.717) is 0 Å². The highest BCUT2D eigenvalue weighted by atomic mass is 14.7. The maximum Gasteiger partial charge on any atom is 0.01000 e. The highest BCUT2D eigenvalue weighted by molar-refractivity contribution is 5.56. The molecule has 0 aromatic heterocycles. The largest absolute Gasteiger partial charge is 0.326 e. The Hall–Kier alpha value is -1.08. The molecule has 0 radical (unpaired) electrons. The zero-order valence-corrected chi connectivity index (χ0v) is 11.8. The topological polar surface area (TPSA) is 26.0 Å². The van der Waals surface area contributed by atoms with Crippen LogP contribution in [0.25, 0.3) is 6.08 Å². The monoisotopic (exact) mass is 231 g/mol. The van der Waals surface area contributed by atoms with Crippen LogP contribution < -0.4 is 5.73 Å². The van der Waals surface area contributed by atoms with Crippen LogP contribution in [0.2, 0.25) is 0 Å². The van der Waals surface area contributed by atoms with E-state index in [4.69, 9.17) is 5.73 Å². The lowest BCUT2D eigenvalue weighted by Crippen LogP contribution is -2.31. The molecule has 17 heavy (non-hydrogen) atoms. The zero-order chi connectivity index (χ0) is 13.1. The number of rotatable bonds is 4. The quantitative estimate of drug-likeness (QED) is 0.828. The lowest BCUT2D eigenvalue weighted by atomic mass is 9.98. The number of allylic oxidation sites excluding steroid dienone is 1. The van der Waals surface area contributed by atoms with Crippen LogP contribution in [0.3, 0.4) is 0 Å². The van der Waals surface area contributed by atoms with Gasteiger partial charge in [-0.1, -0.05) is 24.3 Å². The van der Waals surface area contributed by atoms with Crippen molar-refractivity contribution in [2.75, 3.05) is 0 Å². The van der Waals surface area contributed by atoms with Crippen LogP contribution in [0.4, 0.5) is 0 Å². The second-order valence-electron chi connectivity index (χ2n) is 5.72. The molecule has 1 rings (SSSR count). The van der Waals surface area contributed by atoms with E-state index in [1.54, 1.807) is 0 Å². The molecule has 1 aromatic carbocycles. The van der Waals surface area contributed by atoms with E-state index in [9.17, 15) is 0 Å². The Morgan fingerprint density at radius 2 is 1.65 bits per heavy atom. The number of aryl methyl sites for hydroxylation is 3. The maximum atomic E-state index is 5.95. The van der Waals surface area contributed by atoms with Crippen LogP contribution >= 0.6 is 0 Å². The molecule has 0 fully saturated rings. The average molecular weight is 231 g/mol. The van der Waals surface area contributed by atoms with Crippen molar-refractivity contribution in [1.82, 2.24) is 0 Å². The highest BCUT2D eigenvalue weighted by Gasteiger charge is 2.07. The summed E-state index contributed by atoms with van der Waals surface area (Å²) in [5.74, 6) is 0. The van der Waals surface area contributed by atoms with Crippen LogP contribution in [-0.4, -0.2) is 5.54 Å². The Balaban J connectivity index is 2.69. The van der Waals surface area contributed by atoms with Crippen LogP contribution in [0.15, 0.2) is 18.2 Å². The zero-order valence-electron chi connectivity index (χ0n) is 11.8. The van der Waals surface area contributed by atoms with Gasteiger partial charge in [-0.25, -0.2) is 0 Å². The second-order valence-corrected chi connectivity index (χ2v) is 5.72. The number of hydrogen-bond donors (Lipinski definition) is 1. The Kier molecular flexibility index (Phi) is 4.53. The highest BCUT2D eigenvalue weighted by Crippen LogP contribution is 2.17. The van der Waals surface area contributed by atoms with Gasteiger partial charge in [0.15, 0.2) is 0 Å². The molecule has 0 aliphatic rings. The van der Waals surface area contributed by atoms with E-state index in [1.807, 2.05) is 0 Å². The van der Waals surface area contributed by atoms with Gasteiger partial charge in [0.25, 0.3) is 0 Å². The third-order valence-corrected chi connectivity index (χ3v) is 3.14. The van der Waals surface area contributed by atoms with E-state index >= 15 is 0 Å². The van der Waals surface area contributed by atoms with Crippen LogP contribution in [-0.2, 0) is 0 Å². The summed E-state index contributed by atoms with van der Waals surface area (Å²) in [6, 6.07) is 4.51. The smallest absolute Gasteiger partial charge is 0.01000 e. The molecule has 2 N–H and O–H groups in total. The van der Waals surface area contributed by atoms with Gasteiger partial charge >= 0.3 is 0 Å². The summed E-state index contributed by atoms with van der Waals surface area (Å²) in [6.07, 6.45) is 6.50. The Labute approximate surface area is 106 Å². The van der Waals surface area contributed by atoms with Crippen LogP contribution in [0.1, 0.15) is 48.9 Å². The molecule has 0 unspecified atom stereocenters. The Bertz CT molecular complexity index is 408. The molecule has 94 valence electrons. The summed E-state index contributed by atoms with van der Waals surface area (Å²) in [5.41, 5.74) is 11.3. The molecule has 0 atom stereocenters. The van der Waals surface area contributed by atoms with Crippen molar-refractivity contribution in [3.63, 3.8) is 0 Å². The van der Waals surface area contributed by atoms with Gasteiger partial charge in [-0.3, -0.25) is 0 Å². The molecular weight excluding hydrogens is 206 g/mol. The molecular formula is C16H25N. The summed E-state index contributed by atoms with van der Waals surface area (Å²) >= 11 is 0. The van der Waals surface area contributed by atoms with Crippen molar-refractivity contribution >= 4 is 6.08 Å². The van der Waals surface area contributed by atoms with E-state index in [-0.39, 0.29) is 5.54 Å². The summed E-state index contributed by atoms with van der Waals surface area (Å²) in [7, 11) is 0. The van der Waals surface area contributed by atoms with Crippen molar-refractivity contribution < 1.29 is 0 Å². The second kappa shape index (κ2) is 5.50. The molecule has 0 spiro atoms. The fourth-order valence-corrected chi connectivity index (χ4v) is 1.83. The summed E-state index contributed by atoms with van der Waals surface area (Å²) in [5, 5.41) is 0. The van der Waals surface area contributed by atoms with Crippen molar-refractivity contribution in [3.8, 4) is 0 Å². The Morgan fingerprint density at radius 3 is 2.24 bits per heavy atom. The fraction of sp³-hybridized carbons (Fsp3) is 0.500.